The topological polar surface area (TPSA) is 38.5 Å². The Balaban J connectivity index is 1.75. The number of benzene rings is 1. The van der Waals surface area contributed by atoms with Crippen LogP contribution in [0.5, 0.6) is 0 Å². The van der Waals surface area contributed by atoms with Gasteiger partial charge in [-0.25, -0.2) is 18.2 Å². The van der Waals surface area contributed by atoms with Crippen LogP contribution in [0.15, 0.2) is 22.6 Å². The summed E-state index contributed by atoms with van der Waals surface area (Å²) in [5.74, 6) is -0.00638. The van der Waals surface area contributed by atoms with Crippen molar-refractivity contribution in [2.24, 2.45) is 0 Å². The van der Waals surface area contributed by atoms with Gasteiger partial charge in [0.1, 0.15) is 16.9 Å². The SMILES string of the molecule is CC1(C(F)F)CN(Cc2nc3cc(F)ccc3o2)CCO1. The Labute approximate surface area is 119 Å². The first-order chi connectivity index (χ1) is 9.96. The fourth-order valence-electron chi connectivity index (χ4n) is 2.45. The molecule has 1 atom stereocenters. The lowest BCUT2D eigenvalue weighted by Crippen LogP contribution is -2.53. The normalized spacial score (nSPS) is 24.0. The van der Waals surface area contributed by atoms with Gasteiger partial charge in [0.15, 0.2) is 5.58 Å². The fourth-order valence-corrected chi connectivity index (χ4v) is 2.45. The molecular weight excluding hydrogens is 285 g/mol. The number of hydrogen-bond acceptors (Lipinski definition) is 4. The summed E-state index contributed by atoms with van der Waals surface area (Å²) in [6, 6.07) is 4.08. The van der Waals surface area contributed by atoms with Crippen LogP contribution in [0, 0.1) is 5.82 Å². The highest BCUT2D eigenvalue weighted by molar-refractivity contribution is 5.72. The lowest BCUT2D eigenvalue weighted by Gasteiger charge is -2.39. The first-order valence-corrected chi connectivity index (χ1v) is 6.66. The second kappa shape index (κ2) is 5.31. The van der Waals surface area contributed by atoms with E-state index in [2.05, 4.69) is 4.98 Å². The summed E-state index contributed by atoms with van der Waals surface area (Å²) in [7, 11) is 0. The molecule has 0 aliphatic carbocycles. The average molecular weight is 300 g/mol. The predicted octanol–water partition coefficient (Wildman–Crippen LogP) is 2.82. The van der Waals surface area contributed by atoms with E-state index in [1.807, 2.05) is 0 Å². The molecule has 1 aromatic heterocycles. The van der Waals surface area contributed by atoms with Gasteiger partial charge in [-0.15, -0.1) is 0 Å². The molecule has 0 saturated carbocycles. The Hall–Kier alpha value is -1.60. The standard InChI is InChI=1S/C14H15F3N2O2/c1-14(13(16)17)8-19(4-5-20-14)7-12-18-10-6-9(15)2-3-11(10)21-12/h2-3,6,13H,4-5,7-8H2,1H3. The molecule has 2 aromatic rings. The third-order valence-corrected chi connectivity index (χ3v) is 3.59. The average Bonchev–Trinajstić information content (AvgIpc) is 2.80. The van der Waals surface area contributed by atoms with Crippen molar-refractivity contribution in [3.05, 3.63) is 29.9 Å². The van der Waals surface area contributed by atoms with Crippen LogP contribution in [0.1, 0.15) is 12.8 Å². The van der Waals surface area contributed by atoms with E-state index < -0.39 is 12.0 Å². The van der Waals surface area contributed by atoms with Crippen molar-refractivity contribution in [3.8, 4) is 0 Å². The zero-order valence-corrected chi connectivity index (χ0v) is 11.5. The van der Waals surface area contributed by atoms with Crippen LogP contribution in [0.3, 0.4) is 0 Å². The molecule has 1 aliphatic rings. The van der Waals surface area contributed by atoms with Gasteiger partial charge in [-0.1, -0.05) is 0 Å². The molecule has 0 N–H and O–H groups in total. The number of aromatic nitrogens is 1. The third-order valence-electron chi connectivity index (χ3n) is 3.59. The Morgan fingerprint density at radius 2 is 2.24 bits per heavy atom. The zero-order chi connectivity index (χ0) is 15.0. The van der Waals surface area contributed by atoms with Crippen molar-refractivity contribution in [2.75, 3.05) is 19.7 Å². The number of alkyl halides is 2. The van der Waals surface area contributed by atoms with E-state index in [1.54, 1.807) is 4.90 Å². The number of oxazole rings is 1. The number of fused-ring (bicyclic) bond motifs is 1. The lowest BCUT2D eigenvalue weighted by molar-refractivity contribution is -0.172. The molecule has 0 radical (unpaired) electrons. The molecule has 1 unspecified atom stereocenters. The number of nitrogens with zero attached hydrogens (tertiary/aromatic N) is 2. The lowest BCUT2D eigenvalue weighted by atomic mass is 10.1. The summed E-state index contributed by atoms with van der Waals surface area (Å²) < 4.78 is 49.8. The molecule has 0 spiro atoms. The number of ether oxygens (including phenoxy) is 1. The van der Waals surface area contributed by atoms with Crippen LogP contribution in [-0.4, -0.2) is 41.6 Å². The van der Waals surface area contributed by atoms with Crippen LogP contribution in [0.2, 0.25) is 0 Å². The number of morpholine rings is 1. The molecule has 7 heteroatoms. The van der Waals surface area contributed by atoms with Crippen molar-refractivity contribution < 1.29 is 22.3 Å². The summed E-state index contributed by atoms with van der Waals surface area (Å²) >= 11 is 0. The van der Waals surface area contributed by atoms with Crippen molar-refractivity contribution in [1.29, 1.82) is 0 Å². The maximum absolute atomic E-state index is 13.1. The summed E-state index contributed by atoms with van der Waals surface area (Å²) in [5, 5.41) is 0. The molecule has 0 bridgehead atoms. The molecule has 114 valence electrons. The Morgan fingerprint density at radius 3 is 3.00 bits per heavy atom. The van der Waals surface area contributed by atoms with Gasteiger partial charge in [-0.2, -0.15) is 0 Å². The Bertz CT molecular complexity index is 646. The molecule has 4 nitrogen and oxygen atoms in total. The van der Waals surface area contributed by atoms with Gasteiger partial charge < -0.3 is 9.15 Å². The Morgan fingerprint density at radius 1 is 1.43 bits per heavy atom. The van der Waals surface area contributed by atoms with Gasteiger partial charge in [0.2, 0.25) is 5.89 Å². The van der Waals surface area contributed by atoms with Gasteiger partial charge in [0.25, 0.3) is 6.43 Å². The highest BCUT2D eigenvalue weighted by Crippen LogP contribution is 2.26. The van der Waals surface area contributed by atoms with Gasteiger partial charge in [0.05, 0.1) is 13.2 Å². The van der Waals surface area contributed by atoms with Crippen LogP contribution >= 0.6 is 0 Å². The predicted molar refractivity (Wildman–Crippen MR) is 69.6 cm³/mol. The second-order valence-corrected chi connectivity index (χ2v) is 5.39. The molecule has 1 saturated heterocycles. The van der Waals surface area contributed by atoms with Crippen LogP contribution in [0.4, 0.5) is 13.2 Å². The quantitative estimate of drug-likeness (QED) is 0.873. The fraction of sp³-hybridized carbons (Fsp3) is 0.500. The van der Waals surface area contributed by atoms with Crippen LogP contribution in [-0.2, 0) is 11.3 Å². The molecular formula is C14H15F3N2O2. The first kappa shape index (κ1) is 14.3. The van der Waals surface area contributed by atoms with E-state index in [0.717, 1.165) is 0 Å². The maximum atomic E-state index is 13.1. The van der Waals surface area contributed by atoms with E-state index in [4.69, 9.17) is 9.15 Å². The smallest absolute Gasteiger partial charge is 0.268 e. The minimum atomic E-state index is -2.56. The third kappa shape index (κ3) is 2.89. The zero-order valence-electron chi connectivity index (χ0n) is 11.5. The van der Waals surface area contributed by atoms with Gasteiger partial charge in [-0.05, 0) is 19.1 Å². The summed E-state index contributed by atoms with van der Waals surface area (Å²) in [6.45, 7) is 2.54. The molecule has 1 aromatic carbocycles. The maximum Gasteiger partial charge on any atom is 0.268 e. The van der Waals surface area contributed by atoms with E-state index in [-0.39, 0.29) is 19.0 Å². The van der Waals surface area contributed by atoms with E-state index in [0.29, 0.717) is 30.1 Å². The molecule has 2 heterocycles. The highest BCUT2D eigenvalue weighted by atomic mass is 19.3. The molecule has 1 fully saturated rings. The monoisotopic (exact) mass is 300 g/mol. The number of hydrogen-bond donors (Lipinski definition) is 0. The summed E-state index contributed by atoms with van der Waals surface area (Å²) in [5.41, 5.74) is -0.567. The summed E-state index contributed by atoms with van der Waals surface area (Å²) in [6.07, 6.45) is -2.56. The van der Waals surface area contributed by atoms with Crippen molar-refractivity contribution >= 4 is 11.1 Å². The molecule has 21 heavy (non-hydrogen) atoms. The molecule has 0 amide bonds. The van der Waals surface area contributed by atoms with Crippen LogP contribution < -0.4 is 0 Å². The van der Waals surface area contributed by atoms with Crippen molar-refractivity contribution in [2.45, 2.75) is 25.5 Å². The van der Waals surface area contributed by atoms with E-state index in [1.165, 1.54) is 25.1 Å². The second-order valence-electron chi connectivity index (χ2n) is 5.39. The van der Waals surface area contributed by atoms with E-state index in [9.17, 15) is 13.2 Å². The largest absolute Gasteiger partial charge is 0.439 e. The Kier molecular flexibility index (Phi) is 3.62. The van der Waals surface area contributed by atoms with E-state index >= 15 is 0 Å². The van der Waals surface area contributed by atoms with Gasteiger partial charge in [-0.3, -0.25) is 4.90 Å². The summed E-state index contributed by atoms with van der Waals surface area (Å²) in [4.78, 5) is 5.99. The number of halogens is 3. The first-order valence-electron chi connectivity index (χ1n) is 6.66. The van der Waals surface area contributed by atoms with Crippen molar-refractivity contribution in [3.63, 3.8) is 0 Å². The minimum absolute atomic E-state index is 0.0950. The minimum Gasteiger partial charge on any atom is -0.439 e. The van der Waals surface area contributed by atoms with Crippen molar-refractivity contribution in [1.82, 2.24) is 9.88 Å². The van der Waals surface area contributed by atoms with Crippen LogP contribution in [0.25, 0.3) is 11.1 Å². The van der Waals surface area contributed by atoms with Gasteiger partial charge >= 0.3 is 0 Å². The molecule has 3 rings (SSSR count). The molecule has 1 aliphatic heterocycles. The highest BCUT2D eigenvalue weighted by Gasteiger charge is 2.40. The van der Waals surface area contributed by atoms with Gasteiger partial charge in [0, 0.05) is 19.2 Å². The number of rotatable bonds is 3.